The van der Waals surface area contributed by atoms with Gasteiger partial charge in [-0.05, 0) is 54.0 Å². The van der Waals surface area contributed by atoms with Gasteiger partial charge in [-0.15, -0.1) is 0 Å². The van der Waals surface area contributed by atoms with Gasteiger partial charge < -0.3 is 5.73 Å². The summed E-state index contributed by atoms with van der Waals surface area (Å²) >= 11 is 1.53. The SMILES string of the molecule is Cc1cc(C)nc(Sc2ccc(N)c3nonc23)c1. The molecule has 3 aromatic rings. The topological polar surface area (TPSA) is 77.8 Å². The molecule has 0 fully saturated rings. The minimum atomic E-state index is 0.564. The van der Waals surface area contributed by atoms with Crippen molar-refractivity contribution in [2.45, 2.75) is 23.8 Å². The fraction of sp³-hybridized carbons (Fsp3) is 0.154. The number of nitrogen functional groups attached to an aromatic ring is 1. The number of hydrogen-bond donors (Lipinski definition) is 1. The van der Waals surface area contributed by atoms with Crippen molar-refractivity contribution in [2.24, 2.45) is 0 Å². The highest BCUT2D eigenvalue weighted by molar-refractivity contribution is 7.99. The van der Waals surface area contributed by atoms with Gasteiger partial charge in [0.05, 0.1) is 5.69 Å². The molecule has 0 saturated carbocycles. The molecule has 2 heterocycles. The molecular formula is C13H12N4OS. The van der Waals surface area contributed by atoms with Crippen LogP contribution in [0.4, 0.5) is 5.69 Å². The molecule has 0 bridgehead atoms. The van der Waals surface area contributed by atoms with Gasteiger partial charge in [-0.2, -0.15) is 0 Å². The van der Waals surface area contributed by atoms with Crippen molar-refractivity contribution in [3.63, 3.8) is 0 Å². The minimum absolute atomic E-state index is 0.564. The maximum Gasteiger partial charge on any atom is 0.159 e. The average molecular weight is 272 g/mol. The molecule has 5 nitrogen and oxygen atoms in total. The maximum absolute atomic E-state index is 5.82. The smallest absolute Gasteiger partial charge is 0.159 e. The van der Waals surface area contributed by atoms with Gasteiger partial charge in [0.25, 0.3) is 0 Å². The Kier molecular flexibility index (Phi) is 2.87. The summed E-state index contributed by atoms with van der Waals surface area (Å²) in [6.07, 6.45) is 0. The average Bonchev–Trinajstić information content (AvgIpc) is 2.81. The second kappa shape index (κ2) is 4.55. The molecule has 0 saturated heterocycles. The van der Waals surface area contributed by atoms with E-state index in [0.717, 1.165) is 15.6 Å². The number of benzene rings is 1. The molecule has 1 aromatic carbocycles. The zero-order chi connectivity index (χ0) is 13.4. The molecule has 0 atom stereocenters. The summed E-state index contributed by atoms with van der Waals surface area (Å²) in [5, 5.41) is 8.64. The second-order valence-corrected chi connectivity index (χ2v) is 5.40. The Morgan fingerprint density at radius 1 is 1.11 bits per heavy atom. The van der Waals surface area contributed by atoms with Crippen molar-refractivity contribution in [2.75, 3.05) is 5.73 Å². The van der Waals surface area contributed by atoms with E-state index in [0.29, 0.717) is 16.7 Å². The first-order valence-corrected chi connectivity index (χ1v) is 6.59. The van der Waals surface area contributed by atoms with Crippen LogP contribution in [0.15, 0.2) is 38.8 Å². The third kappa shape index (κ3) is 2.26. The predicted molar refractivity (Wildman–Crippen MR) is 74.1 cm³/mol. The first kappa shape index (κ1) is 12.0. The van der Waals surface area contributed by atoms with Gasteiger partial charge in [0.1, 0.15) is 5.03 Å². The molecule has 0 aliphatic heterocycles. The van der Waals surface area contributed by atoms with E-state index < -0.39 is 0 Å². The summed E-state index contributed by atoms with van der Waals surface area (Å²) < 4.78 is 4.76. The summed E-state index contributed by atoms with van der Waals surface area (Å²) in [7, 11) is 0. The van der Waals surface area contributed by atoms with Gasteiger partial charge in [0, 0.05) is 10.6 Å². The van der Waals surface area contributed by atoms with E-state index in [1.165, 1.54) is 17.3 Å². The van der Waals surface area contributed by atoms with Gasteiger partial charge >= 0.3 is 0 Å². The van der Waals surface area contributed by atoms with Crippen LogP contribution in [0.5, 0.6) is 0 Å². The first-order chi connectivity index (χ1) is 9.13. The Balaban J connectivity index is 2.06. The van der Waals surface area contributed by atoms with E-state index in [9.17, 15) is 0 Å². The lowest BCUT2D eigenvalue weighted by Crippen LogP contribution is -1.89. The molecule has 3 rings (SSSR count). The Labute approximate surface area is 114 Å². The molecule has 0 amide bonds. The molecule has 19 heavy (non-hydrogen) atoms. The van der Waals surface area contributed by atoms with Crippen molar-refractivity contribution >= 4 is 28.5 Å². The lowest BCUT2D eigenvalue weighted by Gasteiger charge is -2.04. The van der Waals surface area contributed by atoms with Gasteiger partial charge in [-0.25, -0.2) is 9.61 Å². The molecule has 0 spiro atoms. The number of fused-ring (bicyclic) bond motifs is 1. The van der Waals surface area contributed by atoms with E-state index in [4.69, 9.17) is 10.4 Å². The highest BCUT2D eigenvalue weighted by atomic mass is 32.2. The summed E-state index contributed by atoms with van der Waals surface area (Å²) in [6, 6.07) is 7.79. The molecule has 6 heteroatoms. The van der Waals surface area contributed by atoms with E-state index in [1.54, 1.807) is 6.07 Å². The van der Waals surface area contributed by atoms with E-state index in [1.807, 2.05) is 25.1 Å². The van der Waals surface area contributed by atoms with E-state index >= 15 is 0 Å². The number of aryl methyl sites for hydroxylation is 2. The summed E-state index contributed by atoms with van der Waals surface area (Å²) in [5.74, 6) is 0. The third-order valence-electron chi connectivity index (χ3n) is 2.70. The van der Waals surface area contributed by atoms with Crippen LogP contribution in [-0.4, -0.2) is 15.3 Å². The molecule has 0 aliphatic carbocycles. The molecule has 2 N–H and O–H groups in total. The van der Waals surface area contributed by atoms with Crippen LogP contribution in [0.3, 0.4) is 0 Å². The Hall–Kier alpha value is -2.08. The third-order valence-corrected chi connectivity index (χ3v) is 3.67. The van der Waals surface area contributed by atoms with Gasteiger partial charge in [0.2, 0.25) is 0 Å². The number of hydrogen-bond acceptors (Lipinski definition) is 6. The van der Waals surface area contributed by atoms with Crippen LogP contribution in [0.2, 0.25) is 0 Å². The van der Waals surface area contributed by atoms with Crippen molar-refractivity contribution in [3.8, 4) is 0 Å². The Morgan fingerprint density at radius 3 is 2.68 bits per heavy atom. The maximum atomic E-state index is 5.82. The highest BCUT2D eigenvalue weighted by Crippen LogP contribution is 2.33. The molecule has 0 unspecified atom stereocenters. The summed E-state index contributed by atoms with van der Waals surface area (Å²) in [4.78, 5) is 5.43. The van der Waals surface area contributed by atoms with Crippen LogP contribution in [-0.2, 0) is 0 Å². The van der Waals surface area contributed by atoms with Crippen molar-refractivity contribution in [3.05, 3.63) is 35.5 Å². The molecular weight excluding hydrogens is 260 g/mol. The monoisotopic (exact) mass is 272 g/mol. The zero-order valence-electron chi connectivity index (χ0n) is 10.5. The number of anilines is 1. The highest BCUT2D eigenvalue weighted by Gasteiger charge is 2.12. The van der Waals surface area contributed by atoms with Gasteiger partial charge in [-0.1, -0.05) is 11.8 Å². The number of nitrogens with zero attached hydrogens (tertiary/aromatic N) is 3. The van der Waals surface area contributed by atoms with Crippen molar-refractivity contribution < 1.29 is 4.63 Å². The molecule has 0 aliphatic rings. The molecule has 0 radical (unpaired) electrons. The first-order valence-electron chi connectivity index (χ1n) is 5.77. The standard InChI is InChI=1S/C13H12N4OS/c1-7-5-8(2)15-11(6-7)19-10-4-3-9(14)12-13(10)17-18-16-12/h3-6H,14H2,1-2H3. The normalized spacial score (nSPS) is 11.1. The number of rotatable bonds is 2. The van der Waals surface area contributed by atoms with Crippen LogP contribution >= 0.6 is 11.8 Å². The lowest BCUT2D eigenvalue weighted by atomic mass is 10.2. The fourth-order valence-electron chi connectivity index (χ4n) is 1.91. The number of aromatic nitrogens is 3. The minimum Gasteiger partial charge on any atom is -0.397 e. The van der Waals surface area contributed by atoms with Crippen LogP contribution in [0.1, 0.15) is 11.3 Å². The quantitative estimate of drug-likeness (QED) is 0.723. The van der Waals surface area contributed by atoms with E-state index in [2.05, 4.69) is 22.2 Å². The second-order valence-electron chi connectivity index (χ2n) is 4.34. The zero-order valence-corrected chi connectivity index (χ0v) is 11.4. The molecule has 96 valence electrons. The predicted octanol–water partition coefficient (Wildman–Crippen LogP) is 2.97. The van der Waals surface area contributed by atoms with E-state index in [-0.39, 0.29) is 0 Å². The summed E-state index contributed by atoms with van der Waals surface area (Å²) in [5.41, 5.74) is 9.83. The van der Waals surface area contributed by atoms with Crippen LogP contribution in [0, 0.1) is 13.8 Å². The van der Waals surface area contributed by atoms with Gasteiger partial charge in [0.15, 0.2) is 11.0 Å². The summed E-state index contributed by atoms with van der Waals surface area (Å²) in [6.45, 7) is 4.03. The fourth-order valence-corrected chi connectivity index (χ4v) is 2.94. The van der Waals surface area contributed by atoms with Crippen LogP contribution in [0.25, 0.3) is 11.0 Å². The molecule has 2 aromatic heterocycles. The largest absolute Gasteiger partial charge is 0.397 e. The van der Waals surface area contributed by atoms with Crippen LogP contribution < -0.4 is 5.73 Å². The Bertz CT molecular complexity index is 733. The number of pyridine rings is 1. The van der Waals surface area contributed by atoms with Crippen molar-refractivity contribution in [1.82, 2.24) is 15.3 Å². The van der Waals surface area contributed by atoms with Crippen molar-refractivity contribution in [1.29, 1.82) is 0 Å². The number of nitrogens with two attached hydrogens (primary N) is 1. The Morgan fingerprint density at radius 2 is 1.89 bits per heavy atom. The van der Waals surface area contributed by atoms with Gasteiger partial charge in [-0.3, -0.25) is 0 Å². The lowest BCUT2D eigenvalue weighted by molar-refractivity contribution is 0.315.